The standard InChI is InChI=1S/C14H29N/c1-8-15(7)14(6)12(5)13(14)9-11(4)10(2)3/h10-13H,8-9H2,1-7H3. The fourth-order valence-corrected chi connectivity index (χ4v) is 2.90. The first-order valence-corrected chi connectivity index (χ1v) is 6.56. The van der Waals surface area contributed by atoms with E-state index in [0.717, 1.165) is 23.7 Å². The highest BCUT2D eigenvalue weighted by Gasteiger charge is 2.59. The third-order valence-corrected chi connectivity index (χ3v) is 5.23. The maximum Gasteiger partial charge on any atom is 0.0238 e. The highest BCUT2D eigenvalue weighted by atomic mass is 15.2. The van der Waals surface area contributed by atoms with Crippen molar-refractivity contribution >= 4 is 0 Å². The van der Waals surface area contributed by atoms with Crippen LogP contribution in [-0.2, 0) is 0 Å². The Balaban J connectivity index is 2.54. The van der Waals surface area contributed by atoms with Gasteiger partial charge in [0.15, 0.2) is 0 Å². The summed E-state index contributed by atoms with van der Waals surface area (Å²) in [6.45, 7) is 15.4. The molecule has 90 valence electrons. The molecule has 0 amide bonds. The summed E-state index contributed by atoms with van der Waals surface area (Å²) in [5.74, 6) is 3.49. The van der Waals surface area contributed by atoms with Gasteiger partial charge in [0.25, 0.3) is 0 Å². The molecule has 1 rings (SSSR count). The van der Waals surface area contributed by atoms with Crippen LogP contribution in [0.4, 0.5) is 0 Å². The van der Waals surface area contributed by atoms with E-state index in [-0.39, 0.29) is 0 Å². The molecule has 0 aromatic heterocycles. The minimum atomic E-state index is 0.484. The molecule has 1 saturated carbocycles. The zero-order valence-corrected chi connectivity index (χ0v) is 11.7. The fraction of sp³-hybridized carbons (Fsp3) is 1.00. The minimum Gasteiger partial charge on any atom is -0.301 e. The summed E-state index contributed by atoms with van der Waals surface area (Å²) < 4.78 is 0. The molecule has 0 heterocycles. The largest absolute Gasteiger partial charge is 0.301 e. The van der Waals surface area contributed by atoms with Crippen molar-refractivity contribution in [1.82, 2.24) is 4.90 Å². The Morgan fingerprint density at radius 3 is 2.20 bits per heavy atom. The van der Waals surface area contributed by atoms with Gasteiger partial charge >= 0.3 is 0 Å². The van der Waals surface area contributed by atoms with Crippen LogP contribution in [0.15, 0.2) is 0 Å². The topological polar surface area (TPSA) is 3.24 Å². The van der Waals surface area contributed by atoms with E-state index in [1.54, 1.807) is 0 Å². The predicted octanol–water partition coefficient (Wildman–Crippen LogP) is 3.64. The maximum absolute atomic E-state index is 2.54. The first-order valence-electron chi connectivity index (χ1n) is 6.56. The van der Waals surface area contributed by atoms with Crippen molar-refractivity contribution in [2.45, 2.75) is 53.5 Å². The van der Waals surface area contributed by atoms with E-state index in [2.05, 4.69) is 53.5 Å². The molecule has 1 aliphatic rings. The van der Waals surface area contributed by atoms with Crippen LogP contribution in [0.1, 0.15) is 48.0 Å². The lowest BCUT2D eigenvalue weighted by Gasteiger charge is -2.26. The number of rotatable bonds is 5. The Kier molecular flexibility index (Phi) is 3.86. The number of hydrogen-bond acceptors (Lipinski definition) is 1. The maximum atomic E-state index is 2.54. The number of nitrogens with zero attached hydrogens (tertiary/aromatic N) is 1. The Bertz CT molecular complexity index is 211. The summed E-state index contributed by atoms with van der Waals surface area (Å²) in [5.41, 5.74) is 0.484. The number of hydrogen-bond donors (Lipinski definition) is 0. The van der Waals surface area contributed by atoms with Crippen LogP contribution in [0.3, 0.4) is 0 Å². The second-order valence-corrected chi connectivity index (χ2v) is 6.09. The fourth-order valence-electron chi connectivity index (χ4n) is 2.90. The highest BCUT2D eigenvalue weighted by Crippen LogP contribution is 2.56. The van der Waals surface area contributed by atoms with Crippen LogP contribution in [-0.4, -0.2) is 24.0 Å². The summed E-state index contributed by atoms with van der Waals surface area (Å²) in [6.07, 6.45) is 1.40. The molecule has 0 radical (unpaired) electrons. The predicted molar refractivity (Wildman–Crippen MR) is 68.0 cm³/mol. The van der Waals surface area contributed by atoms with Crippen molar-refractivity contribution < 1.29 is 0 Å². The van der Waals surface area contributed by atoms with Crippen LogP contribution in [0.25, 0.3) is 0 Å². The third-order valence-electron chi connectivity index (χ3n) is 5.23. The lowest BCUT2D eigenvalue weighted by molar-refractivity contribution is 0.211. The van der Waals surface area contributed by atoms with E-state index in [0.29, 0.717) is 5.54 Å². The van der Waals surface area contributed by atoms with Gasteiger partial charge in [-0.3, -0.25) is 0 Å². The zero-order valence-electron chi connectivity index (χ0n) is 11.7. The molecule has 0 aromatic carbocycles. The van der Waals surface area contributed by atoms with Gasteiger partial charge in [-0.1, -0.05) is 34.6 Å². The molecule has 0 saturated heterocycles. The van der Waals surface area contributed by atoms with Crippen molar-refractivity contribution in [1.29, 1.82) is 0 Å². The van der Waals surface area contributed by atoms with Crippen molar-refractivity contribution in [3.8, 4) is 0 Å². The van der Waals surface area contributed by atoms with Gasteiger partial charge in [-0.15, -0.1) is 0 Å². The molecule has 0 spiro atoms. The molecule has 0 aliphatic heterocycles. The molecule has 0 N–H and O–H groups in total. The third kappa shape index (κ3) is 2.22. The van der Waals surface area contributed by atoms with Crippen molar-refractivity contribution in [2.75, 3.05) is 13.6 Å². The SMILES string of the molecule is CCN(C)C1(C)C(C)C1CC(C)C(C)C. The molecule has 15 heavy (non-hydrogen) atoms. The lowest BCUT2D eigenvalue weighted by atomic mass is 9.91. The first-order chi connectivity index (χ1) is 6.85. The minimum absolute atomic E-state index is 0.484. The van der Waals surface area contributed by atoms with Gasteiger partial charge in [0.2, 0.25) is 0 Å². The van der Waals surface area contributed by atoms with Crippen molar-refractivity contribution in [2.24, 2.45) is 23.7 Å². The van der Waals surface area contributed by atoms with Gasteiger partial charge in [0.1, 0.15) is 0 Å². The van der Waals surface area contributed by atoms with Gasteiger partial charge in [-0.25, -0.2) is 0 Å². The average molecular weight is 211 g/mol. The molecular formula is C14H29N. The van der Waals surface area contributed by atoms with E-state index in [1.165, 1.54) is 13.0 Å². The molecular weight excluding hydrogens is 182 g/mol. The summed E-state index contributed by atoms with van der Waals surface area (Å²) >= 11 is 0. The molecule has 0 aromatic rings. The lowest BCUT2D eigenvalue weighted by Crippen LogP contribution is -2.34. The Labute approximate surface area is 96.2 Å². The van der Waals surface area contributed by atoms with E-state index in [1.807, 2.05) is 0 Å². The normalized spacial score (nSPS) is 37.4. The zero-order chi connectivity index (χ0) is 11.8. The molecule has 0 bridgehead atoms. The Morgan fingerprint density at radius 2 is 1.80 bits per heavy atom. The monoisotopic (exact) mass is 211 g/mol. The van der Waals surface area contributed by atoms with Gasteiger partial charge < -0.3 is 4.90 Å². The van der Waals surface area contributed by atoms with Crippen LogP contribution in [0.2, 0.25) is 0 Å². The van der Waals surface area contributed by atoms with E-state index < -0.39 is 0 Å². The Hall–Kier alpha value is -0.0400. The molecule has 1 aliphatic carbocycles. The molecule has 1 fully saturated rings. The highest BCUT2D eigenvalue weighted by molar-refractivity contribution is 5.13. The van der Waals surface area contributed by atoms with E-state index >= 15 is 0 Å². The van der Waals surface area contributed by atoms with Gasteiger partial charge in [-0.05, 0) is 50.6 Å². The van der Waals surface area contributed by atoms with Crippen LogP contribution < -0.4 is 0 Å². The molecule has 1 nitrogen and oxygen atoms in total. The van der Waals surface area contributed by atoms with Crippen LogP contribution in [0.5, 0.6) is 0 Å². The molecule has 4 unspecified atom stereocenters. The van der Waals surface area contributed by atoms with Crippen LogP contribution in [0, 0.1) is 23.7 Å². The Morgan fingerprint density at radius 1 is 1.27 bits per heavy atom. The summed E-state index contributed by atoms with van der Waals surface area (Å²) in [4.78, 5) is 2.54. The summed E-state index contributed by atoms with van der Waals surface area (Å²) in [5, 5.41) is 0. The van der Waals surface area contributed by atoms with Crippen LogP contribution >= 0.6 is 0 Å². The van der Waals surface area contributed by atoms with Crippen molar-refractivity contribution in [3.05, 3.63) is 0 Å². The van der Waals surface area contributed by atoms with Gasteiger partial charge in [-0.2, -0.15) is 0 Å². The van der Waals surface area contributed by atoms with Gasteiger partial charge in [0.05, 0.1) is 0 Å². The van der Waals surface area contributed by atoms with E-state index in [9.17, 15) is 0 Å². The second-order valence-electron chi connectivity index (χ2n) is 6.09. The average Bonchev–Trinajstić information content (AvgIpc) is 2.70. The van der Waals surface area contributed by atoms with Gasteiger partial charge in [0, 0.05) is 5.54 Å². The van der Waals surface area contributed by atoms with E-state index in [4.69, 9.17) is 0 Å². The quantitative estimate of drug-likeness (QED) is 0.671. The second kappa shape index (κ2) is 4.45. The summed E-state index contributed by atoms with van der Waals surface area (Å²) in [6, 6.07) is 0. The summed E-state index contributed by atoms with van der Waals surface area (Å²) in [7, 11) is 2.27. The van der Waals surface area contributed by atoms with Crippen molar-refractivity contribution in [3.63, 3.8) is 0 Å². The first kappa shape index (κ1) is 13.0. The molecule has 1 heteroatoms. The molecule has 4 atom stereocenters. The smallest absolute Gasteiger partial charge is 0.0238 e.